The number of rotatable bonds is 6. The van der Waals surface area contributed by atoms with Crippen LogP contribution in [-0.2, 0) is 14.3 Å². The van der Waals surface area contributed by atoms with Crippen LogP contribution in [0.15, 0.2) is 53.2 Å². The van der Waals surface area contributed by atoms with E-state index in [9.17, 15) is 9.59 Å². The third kappa shape index (κ3) is 5.64. The molecule has 0 unspecified atom stereocenters. The maximum absolute atomic E-state index is 11.7. The first-order valence-electron chi connectivity index (χ1n) is 6.98. The van der Waals surface area contributed by atoms with Crippen molar-refractivity contribution in [2.45, 2.75) is 13.0 Å². The topological polar surface area (TPSA) is 68.5 Å². The lowest BCUT2D eigenvalue weighted by atomic mass is 10.2. The first-order valence-corrected chi connectivity index (χ1v) is 7.35. The van der Waals surface area contributed by atoms with Gasteiger partial charge in [0.25, 0.3) is 5.91 Å². The second kappa shape index (κ2) is 8.19. The highest BCUT2D eigenvalue weighted by Gasteiger charge is 2.12. The van der Waals surface area contributed by atoms with E-state index in [0.717, 1.165) is 5.56 Å². The molecule has 120 valence electrons. The predicted molar refractivity (Wildman–Crippen MR) is 86.7 cm³/mol. The molecule has 0 spiro atoms. The third-order valence-corrected chi connectivity index (χ3v) is 3.19. The van der Waals surface area contributed by atoms with Crippen LogP contribution in [0.25, 0.3) is 6.08 Å². The van der Waals surface area contributed by atoms with Crippen molar-refractivity contribution in [3.8, 4) is 0 Å². The summed E-state index contributed by atoms with van der Waals surface area (Å²) in [5.41, 5.74) is 0.769. The molecule has 2 rings (SSSR count). The molecule has 1 aromatic heterocycles. The number of furan rings is 1. The molecule has 1 aromatic carbocycles. The highest BCUT2D eigenvalue weighted by molar-refractivity contribution is 6.30. The van der Waals surface area contributed by atoms with Crippen LogP contribution in [0.2, 0.25) is 5.02 Å². The Hall–Kier alpha value is -2.53. The van der Waals surface area contributed by atoms with Crippen molar-refractivity contribution in [3.63, 3.8) is 0 Å². The molecular weight excluding hydrogens is 318 g/mol. The lowest BCUT2D eigenvalue weighted by Gasteiger charge is -2.11. The summed E-state index contributed by atoms with van der Waals surface area (Å²) in [5, 5.41) is 3.24. The standard InChI is InChI=1S/C17H16ClNO4/c1-12(15-6-3-9-22-15)19-16(20)11-23-17(21)8-7-13-4-2-5-14(18)10-13/h2-10,12H,11H2,1H3,(H,19,20)/b8-7+/t12-/m0/s1. The van der Waals surface area contributed by atoms with E-state index in [1.807, 2.05) is 0 Å². The normalized spacial score (nSPS) is 12.1. The average molecular weight is 334 g/mol. The third-order valence-electron chi connectivity index (χ3n) is 2.95. The van der Waals surface area contributed by atoms with Gasteiger partial charge in [0.1, 0.15) is 5.76 Å². The second-order valence-corrected chi connectivity index (χ2v) is 5.24. The van der Waals surface area contributed by atoms with Crippen molar-refractivity contribution in [1.82, 2.24) is 5.32 Å². The minimum absolute atomic E-state index is 0.293. The van der Waals surface area contributed by atoms with Crippen molar-refractivity contribution in [3.05, 3.63) is 65.1 Å². The van der Waals surface area contributed by atoms with Crippen molar-refractivity contribution < 1.29 is 18.7 Å². The zero-order chi connectivity index (χ0) is 16.7. The van der Waals surface area contributed by atoms with Gasteiger partial charge >= 0.3 is 5.97 Å². The molecule has 1 heterocycles. The summed E-state index contributed by atoms with van der Waals surface area (Å²) in [4.78, 5) is 23.3. The highest BCUT2D eigenvalue weighted by Crippen LogP contribution is 2.12. The van der Waals surface area contributed by atoms with Gasteiger partial charge in [-0.2, -0.15) is 0 Å². The van der Waals surface area contributed by atoms with Gasteiger partial charge in [-0.05, 0) is 42.8 Å². The quantitative estimate of drug-likeness (QED) is 0.650. The van der Waals surface area contributed by atoms with Gasteiger partial charge in [0, 0.05) is 11.1 Å². The zero-order valence-electron chi connectivity index (χ0n) is 12.5. The van der Waals surface area contributed by atoms with Crippen molar-refractivity contribution in [2.24, 2.45) is 0 Å². The van der Waals surface area contributed by atoms with Crippen LogP contribution < -0.4 is 5.32 Å². The number of halogens is 1. The average Bonchev–Trinajstić information content (AvgIpc) is 3.05. The summed E-state index contributed by atoms with van der Waals surface area (Å²) >= 11 is 5.84. The molecule has 23 heavy (non-hydrogen) atoms. The monoisotopic (exact) mass is 333 g/mol. The predicted octanol–water partition coefficient (Wildman–Crippen LogP) is 3.37. The lowest BCUT2D eigenvalue weighted by molar-refractivity contribution is -0.144. The van der Waals surface area contributed by atoms with Crippen molar-refractivity contribution >= 4 is 29.6 Å². The molecule has 1 atom stereocenters. The van der Waals surface area contributed by atoms with Crippen molar-refractivity contribution in [2.75, 3.05) is 6.61 Å². The van der Waals surface area contributed by atoms with Gasteiger partial charge in [-0.3, -0.25) is 4.79 Å². The summed E-state index contributed by atoms with van der Waals surface area (Å²) in [6, 6.07) is 10.2. The van der Waals surface area contributed by atoms with Gasteiger partial charge in [0.15, 0.2) is 6.61 Å². The molecule has 1 N–H and O–H groups in total. The molecule has 0 saturated heterocycles. The second-order valence-electron chi connectivity index (χ2n) is 4.80. The van der Waals surface area contributed by atoms with Crippen LogP contribution in [0.5, 0.6) is 0 Å². The summed E-state index contributed by atoms with van der Waals surface area (Å²) in [5.74, 6) is -0.380. The number of benzene rings is 1. The van der Waals surface area contributed by atoms with E-state index < -0.39 is 11.9 Å². The molecular formula is C17H16ClNO4. The SMILES string of the molecule is C[C@H](NC(=O)COC(=O)/C=C/c1cccc(Cl)c1)c1ccco1. The Labute approximate surface area is 138 Å². The minimum atomic E-state index is -0.606. The van der Waals surface area contributed by atoms with Crippen molar-refractivity contribution in [1.29, 1.82) is 0 Å². The van der Waals surface area contributed by atoms with Crippen LogP contribution >= 0.6 is 11.6 Å². The van der Waals surface area contributed by atoms with Crippen LogP contribution in [0, 0.1) is 0 Å². The van der Waals surface area contributed by atoms with E-state index in [4.69, 9.17) is 20.8 Å². The van der Waals surface area contributed by atoms with Crippen LogP contribution in [-0.4, -0.2) is 18.5 Å². The lowest BCUT2D eigenvalue weighted by Crippen LogP contribution is -2.30. The number of nitrogens with one attached hydrogen (secondary N) is 1. The number of amides is 1. The molecule has 0 fully saturated rings. The first-order chi connectivity index (χ1) is 11.0. The molecule has 0 aliphatic heterocycles. The molecule has 0 radical (unpaired) electrons. The Kier molecular flexibility index (Phi) is 6.00. The number of hydrogen-bond donors (Lipinski definition) is 1. The van der Waals surface area contributed by atoms with E-state index in [-0.39, 0.29) is 12.6 Å². The number of ether oxygens (including phenoxy) is 1. The fourth-order valence-corrected chi connectivity index (χ4v) is 2.05. The Morgan fingerprint density at radius 3 is 2.87 bits per heavy atom. The summed E-state index contributed by atoms with van der Waals surface area (Å²) in [6.45, 7) is 1.42. The Morgan fingerprint density at radius 2 is 2.17 bits per heavy atom. The largest absolute Gasteiger partial charge is 0.467 e. The van der Waals surface area contributed by atoms with Gasteiger partial charge in [-0.25, -0.2) is 4.79 Å². The Morgan fingerprint density at radius 1 is 1.35 bits per heavy atom. The van der Waals surface area contributed by atoms with E-state index in [1.54, 1.807) is 49.4 Å². The molecule has 6 heteroatoms. The fraction of sp³-hybridized carbons (Fsp3) is 0.176. The van der Waals surface area contributed by atoms with Gasteiger partial charge in [0.2, 0.25) is 0 Å². The number of carbonyl (C=O) groups is 2. The smallest absolute Gasteiger partial charge is 0.331 e. The minimum Gasteiger partial charge on any atom is -0.467 e. The van der Waals surface area contributed by atoms with E-state index in [2.05, 4.69) is 5.32 Å². The molecule has 0 saturated carbocycles. The molecule has 0 bridgehead atoms. The number of carbonyl (C=O) groups excluding carboxylic acids is 2. The van der Waals surface area contributed by atoms with Gasteiger partial charge in [-0.15, -0.1) is 0 Å². The molecule has 2 aromatic rings. The van der Waals surface area contributed by atoms with E-state index >= 15 is 0 Å². The molecule has 1 amide bonds. The summed E-state index contributed by atoms with van der Waals surface area (Å²) in [6.07, 6.45) is 4.34. The summed E-state index contributed by atoms with van der Waals surface area (Å²) < 4.78 is 10.0. The Bertz CT molecular complexity index is 694. The summed E-state index contributed by atoms with van der Waals surface area (Å²) in [7, 11) is 0. The van der Waals surface area contributed by atoms with Crippen LogP contribution in [0.3, 0.4) is 0 Å². The molecule has 0 aliphatic rings. The Balaban J connectivity index is 1.76. The van der Waals surface area contributed by atoms with Gasteiger partial charge in [-0.1, -0.05) is 23.7 Å². The molecule has 5 nitrogen and oxygen atoms in total. The highest BCUT2D eigenvalue weighted by atomic mass is 35.5. The van der Waals surface area contributed by atoms with Gasteiger partial charge < -0.3 is 14.5 Å². The maximum Gasteiger partial charge on any atom is 0.331 e. The first kappa shape index (κ1) is 16.8. The van der Waals surface area contributed by atoms with E-state index in [1.165, 1.54) is 12.3 Å². The number of esters is 1. The fourth-order valence-electron chi connectivity index (χ4n) is 1.85. The van der Waals surface area contributed by atoms with Gasteiger partial charge in [0.05, 0.1) is 12.3 Å². The van der Waals surface area contributed by atoms with Crippen LogP contribution in [0.4, 0.5) is 0 Å². The van der Waals surface area contributed by atoms with Crippen LogP contribution in [0.1, 0.15) is 24.3 Å². The van der Waals surface area contributed by atoms with E-state index in [0.29, 0.717) is 10.8 Å². The molecule has 0 aliphatic carbocycles. The number of hydrogen-bond acceptors (Lipinski definition) is 4. The zero-order valence-corrected chi connectivity index (χ0v) is 13.2. The maximum atomic E-state index is 11.7.